The molecule has 36 heavy (non-hydrogen) atoms. The van der Waals surface area contributed by atoms with Crippen LogP contribution in [0.1, 0.15) is 35.3 Å². The number of ether oxygens (including phenoxy) is 4. The number of aromatic hydroxyl groups is 1. The van der Waals surface area contributed by atoms with Gasteiger partial charge in [-0.05, 0) is 19.9 Å². The van der Waals surface area contributed by atoms with Crippen LogP contribution in [0.2, 0.25) is 0 Å². The Bertz CT molecular complexity index is 1380. The molecule has 10 heteroatoms. The molecule has 0 aromatic heterocycles. The summed E-state index contributed by atoms with van der Waals surface area (Å²) in [6.45, 7) is 3.50. The lowest BCUT2D eigenvalue weighted by atomic mass is 9.67. The predicted molar refractivity (Wildman–Crippen MR) is 124 cm³/mol. The van der Waals surface area contributed by atoms with Crippen molar-refractivity contribution >= 4 is 23.3 Å². The number of ketones is 3. The van der Waals surface area contributed by atoms with E-state index in [2.05, 4.69) is 5.32 Å². The number of methoxy groups -OCH3 is 1. The maximum absolute atomic E-state index is 13.4. The van der Waals surface area contributed by atoms with Crippen molar-refractivity contribution in [3.8, 4) is 28.7 Å². The Morgan fingerprint density at radius 2 is 1.94 bits per heavy atom. The monoisotopic (exact) mass is 493 g/mol. The van der Waals surface area contributed by atoms with Gasteiger partial charge in [0.25, 0.3) is 5.91 Å². The molecule has 2 heterocycles. The Labute approximate surface area is 205 Å². The van der Waals surface area contributed by atoms with E-state index < -0.39 is 34.6 Å². The van der Waals surface area contributed by atoms with Crippen LogP contribution in [0.25, 0.3) is 0 Å². The molecule has 0 spiro atoms. The molecule has 2 aliphatic heterocycles. The maximum atomic E-state index is 13.4. The fourth-order valence-electron chi connectivity index (χ4n) is 4.89. The van der Waals surface area contributed by atoms with Gasteiger partial charge in [-0.1, -0.05) is 12.1 Å². The summed E-state index contributed by atoms with van der Waals surface area (Å²) in [7, 11) is 1.32. The van der Waals surface area contributed by atoms with Gasteiger partial charge in [0.05, 0.1) is 12.7 Å². The average Bonchev–Trinajstić information content (AvgIpc) is 3.15. The third kappa shape index (κ3) is 3.32. The lowest BCUT2D eigenvalue weighted by Gasteiger charge is -2.30. The summed E-state index contributed by atoms with van der Waals surface area (Å²) in [6, 6.07) is 6.55. The van der Waals surface area contributed by atoms with Crippen LogP contribution in [0, 0.1) is 5.92 Å². The van der Waals surface area contributed by atoms with Crippen molar-refractivity contribution in [2.75, 3.05) is 20.3 Å². The fourth-order valence-corrected chi connectivity index (χ4v) is 4.89. The first-order valence-corrected chi connectivity index (χ1v) is 11.3. The van der Waals surface area contributed by atoms with Gasteiger partial charge < -0.3 is 29.4 Å². The summed E-state index contributed by atoms with van der Waals surface area (Å²) in [6.07, 6.45) is 1.08. The summed E-state index contributed by atoms with van der Waals surface area (Å²) >= 11 is 0. The summed E-state index contributed by atoms with van der Waals surface area (Å²) in [5, 5.41) is 13.6. The van der Waals surface area contributed by atoms with E-state index in [1.165, 1.54) is 20.1 Å². The second-order valence-electron chi connectivity index (χ2n) is 8.85. The van der Waals surface area contributed by atoms with Crippen LogP contribution in [0.4, 0.5) is 0 Å². The van der Waals surface area contributed by atoms with Crippen LogP contribution in [0.3, 0.4) is 0 Å². The zero-order valence-corrected chi connectivity index (χ0v) is 19.8. The van der Waals surface area contributed by atoms with Crippen LogP contribution in [0.5, 0.6) is 28.7 Å². The Hall–Kier alpha value is -4.34. The highest BCUT2D eigenvalue weighted by Crippen LogP contribution is 2.56. The van der Waals surface area contributed by atoms with Gasteiger partial charge in [0, 0.05) is 24.3 Å². The van der Waals surface area contributed by atoms with E-state index in [1.54, 1.807) is 18.2 Å². The smallest absolute Gasteiger partial charge is 0.259 e. The second-order valence-corrected chi connectivity index (χ2v) is 8.85. The number of amides is 1. The third-order valence-corrected chi connectivity index (χ3v) is 6.68. The molecule has 0 fully saturated rings. The number of nitrogens with one attached hydrogen (secondary N) is 1. The van der Waals surface area contributed by atoms with Crippen LogP contribution >= 0.6 is 0 Å². The molecule has 0 bridgehead atoms. The highest BCUT2D eigenvalue weighted by atomic mass is 16.6. The molecule has 5 rings (SSSR count). The van der Waals surface area contributed by atoms with Gasteiger partial charge >= 0.3 is 0 Å². The zero-order valence-electron chi connectivity index (χ0n) is 19.8. The van der Waals surface area contributed by atoms with E-state index in [4.69, 9.17) is 18.9 Å². The summed E-state index contributed by atoms with van der Waals surface area (Å²) in [5.74, 6) is -3.60. The highest BCUT2D eigenvalue weighted by Gasteiger charge is 2.58. The first-order chi connectivity index (χ1) is 17.2. The zero-order chi connectivity index (χ0) is 25.8. The van der Waals surface area contributed by atoms with Crippen molar-refractivity contribution < 1.29 is 43.2 Å². The Morgan fingerprint density at radius 3 is 2.67 bits per heavy atom. The molecular weight excluding hydrogens is 470 g/mol. The molecule has 2 atom stereocenters. The Balaban J connectivity index is 1.55. The lowest BCUT2D eigenvalue weighted by molar-refractivity contribution is -0.140. The van der Waals surface area contributed by atoms with Gasteiger partial charge in [0.1, 0.15) is 53.2 Å². The van der Waals surface area contributed by atoms with E-state index in [0.29, 0.717) is 30.3 Å². The summed E-state index contributed by atoms with van der Waals surface area (Å²) < 4.78 is 22.5. The van der Waals surface area contributed by atoms with E-state index in [-0.39, 0.29) is 40.7 Å². The molecule has 2 N–H and O–H groups in total. The quantitative estimate of drug-likeness (QED) is 0.599. The number of phenols is 1. The number of rotatable bonds is 5. The fraction of sp³-hybridized carbons (Fsp3) is 0.308. The third-order valence-electron chi connectivity index (χ3n) is 6.68. The van der Waals surface area contributed by atoms with Gasteiger partial charge in [-0.2, -0.15) is 0 Å². The van der Waals surface area contributed by atoms with Crippen molar-refractivity contribution in [1.82, 2.24) is 5.32 Å². The maximum Gasteiger partial charge on any atom is 0.259 e. The standard InChI is InChI=1S/C26H23NO9/c1-12(28)19-14(29)10-18-26(2,24(19)31)21-15(30)9-17(33-3)20(23(21)36-18)25(32)27-11-13-5-4-6-16-22(13)35-8-7-34-16/h4-6,9-10,19,30H,7-8,11H2,1-3H3,(H,27,32)/t19?,26-/m1/s1. The molecule has 3 aliphatic rings. The van der Waals surface area contributed by atoms with Crippen LogP contribution < -0.4 is 24.3 Å². The summed E-state index contributed by atoms with van der Waals surface area (Å²) in [5.41, 5.74) is -1.01. The molecule has 186 valence electrons. The first-order valence-electron chi connectivity index (χ1n) is 11.3. The molecule has 10 nitrogen and oxygen atoms in total. The minimum atomic E-state index is -1.63. The molecule has 0 saturated carbocycles. The van der Waals surface area contributed by atoms with Crippen molar-refractivity contribution in [3.05, 3.63) is 52.8 Å². The molecular formula is C26H23NO9. The highest BCUT2D eigenvalue weighted by molar-refractivity contribution is 6.27. The Morgan fingerprint density at radius 1 is 1.19 bits per heavy atom. The molecule has 0 saturated heterocycles. The molecule has 0 radical (unpaired) electrons. The number of hydrogen-bond acceptors (Lipinski definition) is 9. The number of fused-ring (bicyclic) bond motifs is 4. The van der Waals surface area contributed by atoms with Crippen LogP contribution in [-0.2, 0) is 26.3 Å². The largest absolute Gasteiger partial charge is 0.507 e. The van der Waals surface area contributed by atoms with Crippen molar-refractivity contribution in [1.29, 1.82) is 0 Å². The van der Waals surface area contributed by atoms with Crippen molar-refractivity contribution in [3.63, 3.8) is 0 Å². The van der Waals surface area contributed by atoms with Crippen LogP contribution in [0.15, 0.2) is 36.1 Å². The predicted octanol–water partition coefficient (Wildman–Crippen LogP) is 1.99. The van der Waals surface area contributed by atoms with Gasteiger partial charge in [-0.3, -0.25) is 19.2 Å². The Kier molecular flexibility index (Phi) is 5.46. The van der Waals surface area contributed by atoms with Crippen LogP contribution in [-0.4, -0.2) is 48.7 Å². The number of benzene rings is 2. The van der Waals surface area contributed by atoms with E-state index in [1.807, 2.05) is 0 Å². The van der Waals surface area contributed by atoms with Gasteiger partial charge in [-0.15, -0.1) is 0 Å². The normalized spacial score (nSPS) is 21.6. The van der Waals surface area contributed by atoms with Gasteiger partial charge in [-0.25, -0.2) is 0 Å². The molecule has 2 aromatic rings. The minimum absolute atomic E-state index is 0.00252. The minimum Gasteiger partial charge on any atom is -0.507 e. The van der Waals surface area contributed by atoms with Crippen molar-refractivity contribution in [2.45, 2.75) is 25.8 Å². The van der Waals surface area contributed by atoms with E-state index >= 15 is 0 Å². The van der Waals surface area contributed by atoms with E-state index in [0.717, 1.165) is 13.0 Å². The number of hydrogen-bond donors (Lipinski definition) is 2. The van der Waals surface area contributed by atoms with Gasteiger partial charge in [0.2, 0.25) is 0 Å². The molecule has 1 amide bonds. The molecule has 2 aromatic carbocycles. The number of Topliss-reactive ketones (excluding diaryl/α,β-unsaturated/α-hetero) is 2. The van der Waals surface area contributed by atoms with Crippen molar-refractivity contribution in [2.24, 2.45) is 5.92 Å². The molecule has 1 unspecified atom stereocenters. The number of para-hydroxylation sites is 1. The number of carbonyl (C=O) groups is 4. The number of allylic oxidation sites excluding steroid dienone is 2. The van der Waals surface area contributed by atoms with E-state index in [9.17, 15) is 24.3 Å². The topological polar surface area (TPSA) is 137 Å². The summed E-state index contributed by atoms with van der Waals surface area (Å²) in [4.78, 5) is 51.3. The SMILES string of the molecule is COc1cc(O)c2c(c1C(=O)NCc1cccc3c1OCCO3)OC1=CC(=O)C(C(C)=O)C(=O)[C@]12C. The lowest BCUT2D eigenvalue weighted by Crippen LogP contribution is -2.47. The second kappa shape index (κ2) is 8.40. The first kappa shape index (κ1) is 23.4. The average molecular weight is 493 g/mol. The van der Waals surface area contributed by atoms with Gasteiger partial charge in [0.15, 0.2) is 28.8 Å². The number of phenolic OH excluding ortho intramolecular Hbond substituents is 1. The molecule has 1 aliphatic carbocycles. The number of carbonyl (C=O) groups excluding carboxylic acids is 4.